The molecule has 0 aromatic heterocycles. The van der Waals surface area contributed by atoms with E-state index in [2.05, 4.69) is 11.8 Å². The Balaban J connectivity index is 1.77. The number of aliphatic hydroxyl groups is 1. The van der Waals surface area contributed by atoms with Crippen LogP contribution in [0.5, 0.6) is 11.5 Å². The summed E-state index contributed by atoms with van der Waals surface area (Å²) >= 11 is 5.98. The highest BCUT2D eigenvalue weighted by atomic mass is 35.5. The van der Waals surface area contributed by atoms with Crippen molar-refractivity contribution in [1.29, 1.82) is 0 Å². The molecule has 0 aliphatic carbocycles. The Morgan fingerprint density at radius 3 is 2.38 bits per heavy atom. The van der Waals surface area contributed by atoms with Gasteiger partial charge < -0.3 is 14.6 Å². The number of aliphatic hydroxyl groups excluding tert-OH is 1. The van der Waals surface area contributed by atoms with E-state index in [9.17, 15) is 0 Å². The van der Waals surface area contributed by atoms with E-state index in [4.69, 9.17) is 26.2 Å². The van der Waals surface area contributed by atoms with Gasteiger partial charge in [-0.15, -0.1) is 0 Å². The molecule has 4 heteroatoms. The highest BCUT2D eigenvalue weighted by Crippen LogP contribution is 2.22. The normalized spacial score (nSPS) is 9.62. The molecule has 21 heavy (non-hydrogen) atoms. The van der Waals surface area contributed by atoms with Gasteiger partial charge >= 0.3 is 0 Å². The minimum atomic E-state index is -0.141. The van der Waals surface area contributed by atoms with Crippen LogP contribution in [0.25, 0.3) is 0 Å². The van der Waals surface area contributed by atoms with Gasteiger partial charge in [-0.1, -0.05) is 35.6 Å². The maximum atomic E-state index is 8.62. The summed E-state index contributed by atoms with van der Waals surface area (Å²) in [4.78, 5) is 0. The predicted molar refractivity (Wildman–Crippen MR) is 82.8 cm³/mol. The SMILES string of the molecule is OCC#Cc1ccc(OCCOc2ccccc2Cl)cc1. The highest BCUT2D eigenvalue weighted by Gasteiger charge is 1.99. The van der Waals surface area contributed by atoms with Crippen molar-refractivity contribution < 1.29 is 14.6 Å². The fourth-order valence-electron chi connectivity index (χ4n) is 1.65. The van der Waals surface area contributed by atoms with Crippen molar-refractivity contribution in [3.8, 4) is 23.3 Å². The molecule has 0 atom stereocenters. The largest absolute Gasteiger partial charge is 0.490 e. The zero-order valence-electron chi connectivity index (χ0n) is 11.4. The molecule has 0 aliphatic rings. The van der Waals surface area contributed by atoms with Crippen LogP contribution in [0.4, 0.5) is 0 Å². The molecule has 0 spiro atoms. The second-order valence-electron chi connectivity index (χ2n) is 4.11. The first kappa shape index (κ1) is 15.2. The summed E-state index contributed by atoms with van der Waals surface area (Å²) in [5.41, 5.74) is 0.837. The quantitative estimate of drug-likeness (QED) is 0.681. The standard InChI is InChI=1S/C17H15ClO3/c18-16-5-1-2-6-17(16)21-13-12-20-15-9-7-14(8-10-15)4-3-11-19/h1-2,5-10,19H,11-13H2. The van der Waals surface area contributed by atoms with Crippen LogP contribution in [0.2, 0.25) is 5.02 Å². The van der Waals surface area contributed by atoms with Gasteiger partial charge in [-0.2, -0.15) is 0 Å². The molecule has 0 unspecified atom stereocenters. The number of para-hydroxylation sites is 1. The first-order valence-electron chi connectivity index (χ1n) is 6.49. The van der Waals surface area contributed by atoms with Crippen LogP contribution < -0.4 is 9.47 Å². The molecule has 0 aliphatic heterocycles. The molecule has 2 aromatic rings. The third-order valence-corrected chi connectivity index (χ3v) is 2.92. The second kappa shape index (κ2) is 8.21. The molecule has 0 bridgehead atoms. The minimum absolute atomic E-state index is 0.141. The van der Waals surface area contributed by atoms with Crippen molar-refractivity contribution in [3.05, 3.63) is 59.1 Å². The average molecular weight is 303 g/mol. The van der Waals surface area contributed by atoms with E-state index < -0.39 is 0 Å². The van der Waals surface area contributed by atoms with Crippen molar-refractivity contribution in [2.75, 3.05) is 19.8 Å². The van der Waals surface area contributed by atoms with Crippen LogP contribution in [0.1, 0.15) is 5.56 Å². The summed E-state index contributed by atoms with van der Waals surface area (Å²) in [5, 5.41) is 9.20. The van der Waals surface area contributed by atoms with Gasteiger partial charge in [0.05, 0.1) is 5.02 Å². The van der Waals surface area contributed by atoms with Gasteiger partial charge in [0.2, 0.25) is 0 Å². The Morgan fingerprint density at radius 1 is 0.952 bits per heavy atom. The zero-order valence-corrected chi connectivity index (χ0v) is 12.1. The van der Waals surface area contributed by atoms with Gasteiger partial charge in [0, 0.05) is 5.56 Å². The molecule has 0 radical (unpaired) electrons. The lowest BCUT2D eigenvalue weighted by Gasteiger charge is -2.09. The maximum absolute atomic E-state index is 8.62. The van der Waals surface area contributed by atoms with Gasteiger partial charge in [-0.25, -0.2) is 0 Å². The first-order chi connectivity index (χ1) is 10.3. The monoisotopic (exact) mass is 302 g/mol. The molecule has 3 nitrogen and oxygen atoms in total. The lowest BCUT2D eigenvalue weighted by molar-refractivity contribution is 0.217. The summed E-state index contributed by atoms with van der Waals surface area (Å²) in [6.07, 6.45) is 0. The Bertz CT molecular complexity index is 626. The van der Waals surface area contributed by atoms with Gasteiger partial charge in [0.25, 0.3) is 0 Å². The van der Waals surface area contributed by atoms with Crippen molar-refractivity contribution in [2.45, 2.75) is 0 Å². The Morgan fingerprint density at radius 2 is 1.67 bits per heavy atom. The van der Waals surface area contributed by atoms with Crippen LogP contribution in [0.15, 0.2) is 48.5 Å². The van der Waals surface area contributed by atoms with Gasteiger partial charge in [0.15, 0.2) is 0 Å². The molecular weight excluding hydrogens is 288 g/mol. The number of ether oxygens (including phenoxy) is 2. The fourth-order valence-corrected chi connectivity index (χ4v) is 1.84. The molecular formula is C17H15ClO3. The summed E-state index contributed by atoms with van der Waals surface area (Å²) < 4.78 is 11.1. The van der Waals surface area contributed by atoms with Crippen LogP contribution in [-0.4, -0.2) is 24.9 Å². The van der Waals surface area contributed by atoms with Gasteiger partial charge in [0.1, 0.15) is 31.3 Å². The summed E-state index contributed by atoms with van der Waals surface area (Å²) in [6, 6.07) is 14.7. The topological polar surface area (TPSA) is 38.7 Å². The summed E-state index contributed by atoms with van der Waals surface area (Å²) in [5.74, 6) is 6.81. The van der Waals surface area contributed by atoms with Crippen molar-refractivity contribution in [1.82, 2.24) is 0 Å². The van der Waals surface area contributed by atoms with Crippen LogP contribution in [0.3, 0.4) is 0 Å². The van der Waals surface area contributed by atoms with Crippen molar-refractivity contribution >= 4 is 11.6 Å². The lowest BCUT2D eigenvalue weighted by atomic mass is 10.2. The lowest BCUT2D eigenvalue weighted by Crippen LogP contribution is -2.09. The Hall–Kier alpha value is -2.15. The predicted octanol–water partition coefficient (Wildman–Crippen LogP) is 3.14. The number of hydrogen-bond acceptors (Lipinski definition) is 3. The van der Waals surface area contributed by atoms with E-state index in [1.54, 1.807) is 6.07 Å². The molecule has 2 aromatic carbocycles. The van der Waals surface area contributed by atoms with E-state index in [1.807, 2.05) is 42.5 Å². The molecule has 2 rings (SSSR count). The molecule has 0 heterocycles. The first-order valence-corrected chi connectivity index (χ1v) is 6.87. The smallest absolute Gasteiger partial charge is 0.138 e. The van der Waals surface area contributed by atoms with Gasteiger partial charge in [-0.3, -0.25) is 0 Å². The summed E-state index contributed by atoms with van der Waals surface area (Å²) in [6.45, 7) is 0.695. The number of halogens is 1. The van der Waals surface area contributed by atoms with Crippen molar-refractivity contribution in [2.24, 2.45) is 0 Å². The highest BCUT2D eigenvalue weighted by molar-refractivity contribution is 6.32. The van der Waals surface area contributed by atoms with Gasteiger partial charge in [-0.05, 0) is 36.4 Å². The Kier molecular flexibility index (Phi) is 5.96. The number of hydrogen-bond donors (Lipinski definition) is 1. The molecule has 0 saturated carbocycles. The van der Waals surface area contributed by atoms with E-state index in [-0.39, 0.29) is 6.61 Å². The number of benzene rings is 2. The van der Waals surface area contributed by atoms with E-state index >= 15 is 0 Å². The second-order valence-corrected chi connectivity index (χ2v) is 4.52. The van der Waals surface area contributed by atoms with E-state index in [0.29, 0.717) is 24.0 Å². The summed E-state index contributed by atoms with van der Waals surface area (Å²) in [7, 11) is 0. The average Bonchev–Trinajstić information content (AvgIpc) is 2.52. The van der Waals surface area contributed by atoms with Crippen LogP contribution in [-0.2, 0) is 0 Å². The third kappa shape index (κ3) is 5.03. The molecule has 0 amide bonds. The van der Waals surface area contributed by atoms with Crippen LogP contribution >= 0.6 is 11.6 Å². The Labute approximate surface area is 129 Å². The molecule has 1 N–H and O–H groups in total. The van der Waals surface area contributed by atoms with Crippen LogP contribution in [0, 0.1) is 11.8 Å². The number of rotatable bonds is 5. The molecule has 0 fully saturated rings. The van der Waals surface area contributed by atoms with Crippen molar-refractivity contribution in [3.63, 3.8) is 0 Å². The zero-order chi connectivity index (χ0) is 14.9. The van der Waals surface area contributed by atoms with E-state index in [0.717, 1.165) is 11.3 Å². The molecule has 0 saturated heterocycles. The maximum Gasteiger partial charge on any atom is 0.138 e. The minimum Gasteiger partial charge on any atom is -0.490 e. The molecule has 108 valence electrons. The van der Waals surface area contributed by atoms with E-state index in [1.165, 1.54) is 0 Å². The third-order valence-electron chi connectivity index (χ3n) is 2.61. The fraction of sp³-hybridized carbons (Fsp3) is 0.176.